The zero-order valence-electron chi connectivity index (χ0n) is 10.0. The number of nitrogens with zero attached hydrogens (tertiary/aromatic N) is 3. The zero-order valence-corrected chi connectivity index (χ0v) is 10.0. The molecule has 0 aromatic carbocycles. The minimum atomic E-state index is -0.714. The third-order valence-corrected chi connectivity index (χ3v) is 3.06. The van der Waals surface area contributed by atoms with Crippen LogP contribution in [0.2, 0.25) is 0 Å². The largest absolute Gasteiger partial charge is 0.313 e. The molecular formula is C11H22N4. The number of rotatable bonds is 3. The third-order valence-electron chi connectivity index (χ3n) is 3.06. The summed E-state index contributed by atoms with van der Waals surface area (Å²) < 4.78 is 0. The van der Waals surface area contributed by atoms with Crippen molar-refractivity contribution in [2.45, 2.75) is 32.4 Å². The van der Waals surface area contributed by atoms with Gasteiger partial charge in [-0.3, -0.25) is 9.80 Å². The van der Waals surface area contributed by atoms with E-state index in [1.54, 1.807) is 6.92 Å². The highest BCUT2D eigenvalue weighted by atomic mass is 15.3. The van der Waals surface area contributed by atoms with E-state index >= 15 is 0 Å². The van der Waals surface area contributed by atoms with Gasteiger partial charge in [0.25, 0.3) is 0 Å². The van der Waals surface area contributed by atoms with Crippen LogP contribution in [0.25, 0.3) is 0 Å². The number of hydrogen-bond acceptors (Lipinski definition) is 4. The van der Waals surface area contributed by atoms with Gasteiger partial charge in [-0.1, -0.05) is 6.92 Å². The molecule has 0 aliphatic carbocycles. The lowest BCUT2D eigenvalue weighted by Gasteiger charge is -2.40. The van der Waals surface area contributed by atoms with Gasteiger partial charge in [0.05, 0.1) is 6.07 Å². The van der Waals surface area contributed by atoms with E-state index in [-0.39, 0.29) is 0 Å². The van der Waals surface area contributed by atoms with Crippen molar-refractivity contribution in [2.24, 2.45) is 5.73 Å². The Morgan fingerprint density at radius 2 is 2.20 bits per heavy atom. The summed E-state index contributed by atoms with van der Waals surface area (Å²) in [7, 11) is 0. The number of likely N-dealkylation sites (N-methyl/N-ethyl adjacent to an activating group) is 1. The van der Waals surface area contributed by atoms with Gasteiger partial charge in [0.2, 0.25) is 0 Å². The van der Waals surface area contributed by atoms with E-state index in [4.69, 9.17) is 11.0 Å². The van der Waals surface area contributed by atoms with E-state index in [1.807, 2.05) is 0 Å². The van der Waals surface area contributed by atoms with Crippen LogP contribution < -0.4 is 5.73 Å². The van der Waals surface area contributed by atoms with E-state index in [1.165, 1.54) is 0 Å². The van der Waals surface area contributed by atoms with Crippen LogP contribution in [0.4, 0.5) is 0 Å². The average molecular weight is 210 g/mol. The van der Waals surface area contributed by atoms with Crippen molar-refractivity contribution in [2.75, 3.05) is 32.7 Å². The predicted octanol–water partition coefficient (Wildman–Crippen LogP) is 0.253. The van der Waals surface area contributed by atoms with Gasteiger partial charge < -0.3 is 5.73 Å². The topological polar surface area (TPSA) is 56.3 Å². The Labute approximate surface area is 92.6 Å². The van der Waals surface area contributed by atoms with Gasteiger partial charge in [-0.25, -0.2) is 0 Å². The Balaban J connectivity index is 2.45. The van der Waals surface area contributed by atoms with Gasteiger partial charge >= 0.3 is 0 Å². The number of nitrogens with two attached hydrogens (primary N) is 1. The first kappa shape index (κ1) is 12.4. The van der Waals surface area contributed by atoms with Crippen LogP contribution in [0.1, 0.15) is 20.8 Å². The molecule has 0 aromatic heterocycles. The Kier molecular flexibility index (Phi) is 4.09. The molecule has 0 amide bonds. The van der Waals surface area contributed by atoms with Crippen LogP contribution in [-0.2, 0) is 0 Å². The smallest absolute Gasteiger partial charge is 0.114 e. The molecule has 0 bridgehead atoms. The van der Waals surface area contributed by atoms with Crippen molar-refractivity contribution in [3.63, 3.8) is 0 Å². The van der Waals surface area contributed by atoms with Crippen molar-refractivity contribution in [1.29, 1.82) is 5.26 Å². The van der Waals surface area contributed by atoms with Crippen molar-refractivity contribution in [3.05, 3.63) is 0 Å². The fourth-order valence-electron chi connectivity index (χ4n) is 2.18. The van der Waals surface area contributed by atoms with Gasteiger partial charge in [-0.15, -0.1) is 0 Å². The van der Waals surface area contributed by atoms with Crippen LogP contribution in [0, 0.1) is 11.3 Å². The number of nitriles is 1. The molecular weight excluding hydrogens is 188 g/mol. The van der Waals surface area contributed by atoms with Crippen LogP contribution in [0.3, 0.4) is 0 Å². The molecule has 0 aromatic rings. The second-order valence-corrected chi connectivity index (χ2v) is 4.74. The van der Waals surface area contributed by atoms with Crippen LogP contribution in [0.5, 0.6) is 0 Å². The predicted molar refractivity (Wildman–Crippen MR) is 61.4 cm³/mol. The summed E-state index contributed by atoms with van der Waals surface area (Å²) in [6.07, 6.45) is 0. The molecule has 4 nitrogen and oxygen atoms in total. The maximum atomic E-state index is 8.88. The van der Waals surface area contributed by atoms with Gasteiger partial charge in [-0.05, 0) is 20.4 Å². The molecule has 2 atom stereocenters. The molecule has 86 valence electrons. The highest BCUT2D eigenvalue weighted by Crippen LogP contribution is 2.11. The lowest BCUT2D eigenvalue weighted by Crippen LogP contribution is -2.56. The highest BCUT2D eigenvalue weighted by molar-refractivity contribution is 5.03. The van der Waals surface area contributed by atoms with Crippen molar-refractivity contribution in [3.8, 4) is 6.07 Å². The monoisotopic (exact) mass is 210 g/mol. The molecule has 1 fully saturated rings. The Morgan fingerprint density at radius 3 is 2.67 bits per heavy atom. The molecule has 2 N–H and O–H groups in total. The summed E-state index contributed by atoms with van der Waals surface area (Å²) in [6.45, 7) is 11.1. The van der Waals surface area contributed by atoms with E-state index in [9.17, 15) is 0 Å². The quantitative estimate of drug-likeness (QED) is 0.725. The van der Waals surface area contributed by atoms with Crippen LogP contribution in [0.15, 0.2) is 0 Å². The Hall–Kier alpha value is -0.630. The molecule has 1 aliphatic heterocycles. The third kappa shape index (κ3) is 3.45. The van der Waals surface area contributed by atoms with Gasteiger partial charge in [-0.2, -0.15) is 5.26 Å². The summed E-state index contributed by atoms with van der Waals surface area (Å²) >= 11 is 0. The summed E-state index contributed by atoms with van der Waals surface area (Å²) in [4.78, 5) is 4.75. The van der Waals surface area contributed by atoms with E-state index in [0.717, 1.165) is 26.2 Å². The first-order valence-electron chi connectivity index (χ1n) is 5.65. The normalized spacial score (nSPS) is 28.3. The number of hydrogen-bond donors (Lipinski definition) is 1. The lowest BCUT2D eigenvalue weighted by atomic mass is 10.0. The number of piperazine rings is 1. The van der Waals surface area contributed by atoms with Gasteiger partial charge in [0.15, 0.2) is 0 Å². The molecule has 0 spiro atoms. The van der Waals surface area contributed by atoms with E-state index < -0.39 is 5.54 Å². The van der Waals surface area contributed by atoms with E-state index in [0.29, 0.717) is 12.6 Å². The lowest BCUT2D eigenvalue weighted by molar-refractivity contribution is 0.0800. The Morgan fingerprint density at radius 1 is 1.53 bits per heavy atom. The summed E-state index contributed by atoms with van der Waals surface area (Å²) in [5.41, 5.74) is 5.13. The summed E-state index contributed by atoms with van der Waals surface area (Å²) in [5, 5.41) is 8.88. The zero-order chi connectivity index (χ0) is 11.5. The van der Waals surface area contributed by atoms with Crippen molar-refractivity contribution >= 4 is 0 Å². The fourth-order valence-corrected chi connectivity index (χ4v) is 2.18. The van der Waals surface area contributed by atoms with Crippen molar-refractivity contribution in [1.82, 2.24) is 9.80 Å². The van der Waals surface area contributed by atoms with Gasteiger partial charge in [0, 0.05) is 32.2 Å². The van der Waals surface area contributed by atoms with E-state index in [2.05, 4.69) is 29.7 Å². The first-order valence-corrected chi connectivity index (χ1v) is 5.65. The fraction of sp³-hybridized carbons (Fsp3) is 0.909. The summed E-state index contributed by atoms with van der Waals surface area (Å²) in [5.74, 6) is 0. The molecule has 15 heavy (non-hydrogen) atoms. The van der Waals surface area contributed by atoms with Crippen LogP contribution in [-0.4, -0.2) is 54.1 Å². The molecule has 4 heteroatoms. The second-order valence-electron chi connectivity index (χ2n) is 4.74. The average Bonchev–Trinajstić information content (AvgIpc) is 2.17. The molecule has 2 unspecified atom stereocenters. The molecule has 1 rings (SSSR count). The summed E-state index contributed by atoms with van der Waals surface area (Å²) in [6, 6.07) is 2.72. The van der Waals surface area contributed by atoms with Crippen LogP contribution >= 0.6 is 0 Å². The maximum Gasteiger partial charge on any atom is 0.114 e. The van der Waals surface area contributed by atoms with Crippen molar-refractivity contribution < 1.29 is 0 Å². The van der Waals surface area contributed by atoms with Gasteiger partial charge in [0.1, 0.15) is 5.54 Å². The highest BCUT2D eigenvalue weighted by Gasteiger charge is 2.27. The Bertz CT molecular complexity index is 243. The standard InChI is InChI=1S/C11H22N4/c1-4-15-6-5-14(7-10(15)2)9-11(3,13)8-12/h10H,4-7,9,13H2,1-3H3. The molecule has 0 saturated carbocycles. The first-order chi connectivity index (χ1) is 6.98. The molecule has 0 radical (unpaired) electrons. The minimum Gasteiger partial charge on any atom is -0.313 e. The molecule has 1 aliphatic rings. The maximum absolute atomic E-state index is 8.88. The SMILES string of the molecule is CCN1CCN(CC(C)(N)C#N)CC1C. The molecule has 1 saturated heterocycles. The minimum absolute atomic E-state index is 0.568. The molecule has 1 heterocycles. The second kappa shape index (κ2) is 4.93.